The minimum absolute atomic E-state index is 0.0726. The third kappa shape index (κ3) is 4.43. The molecule has 2 nitrogen and oxygen atoms in total. The molecule has 0 heterocycles. The third-order valence-electron chi connectivity index (χ3n) is 1.46. The molecule has 0 aromatic carbocycles. The molecule has 0 aliphatic heterocycles. The van der Waals surface area contributed by atoms with Crippen molar-refractivity contribution in [2.75, 3.05) is 0 Å². The van der Waals surface area contributed by atoms with Gasteiger partial charge in [-0.3, -0.25) is 0 Å². The molecule has 0 fully saturated rings. The Labute approximate surface area is 57.1 Å². The molecule has 0 bridgehead atoms. The van der Waals surface area contributed by atoms with Crippen LogP contribution in [0.15, 0.2) is 0 Å². The normalized spacial score (nSPS) is 17.3. The molecule has 0 spiro atoms. The van der Waals surface area contributed by atoms with Crippen molar-refractivity contribution in [3.8, 4) is 0 Å². The van der Waals surface area contributed by atoms with Crippen molar-refractivity contribution >= 4 is 0 Å². The van der Waals surface area contributed by atoms with Crippen molar-refractivity contribution in [3.63, 3.8) is 0 Å². The summed E-state index contributed by atoms with van der Waals surface area (Å²) >= 11 is 0. The summed E-state index contributed by atoms with van der Waals surface area (Å²) in [4.78, 5) is 0. The fraction of sp³-hybridized carbons (Fsp3) is 1.00. The zero-order valence-electron chi connectivity index (χ0n) is 6.30. The summed E-state index contributed by atoms with van der Waals surface area (Å²) in [6.07, 6.45) is 2.74. The van der Waals surface area contributed by atoms with Gasteiger partial charge in [0.05, 0.1) is 6.10 Å². The van der Waals surface area contributed by atoms with Crippen LogP contribution in [-0.4, -0.2) is 17.3 Å². The Morgan fingerprint density at radius 1 is 1.56 bits per heavy atom. The lowest BCUT2D eigenvalue weighted by Crippen LogP contribution is -2.31. The number of aliphatic hydroxyl groups is 1. The minimum Gasteiger partial charge on any atom is -0.392 e. The lowest BCUT2D eigenvalue weighted by Gasteiger charge is -2.12. The highest BCUT2D eigenvalue weighted by atomic mass is 16.3. The van der Waals surface area contributed by atoms with Crippen molar-refractivity contribution < 1.29 is 5.11 Å². The first-order valence-electron chi connectivity index (χ1n) is 3.62. The van der Waals surface area contributed by atoms with Gasteiger partial charge >= 0.3 is 0 Å². The fourth-order valence-corrected chi connectivity index (χ4v) is 0.676. The van der Waals surface area contributed by atoms with E-state index in [-0.39, 0.29) is 12.1 Å². The molecule has 0 amide bonds. The largest absolute Gasteiger partial charge is 0.392 e. The number of rotatable bonds is 4. The molecule has 0 aliphatic carbocycles. The third-order valence-corrected chi connectivity index (χ3v) is 1.46. The second-order valence-corrected chi connectivity index (χ2v) is 2.57. The van der Waals surface area contributed by atoms with Crippen LogP contribution >= 0.6 is 0 Å². The predicted octanol–water partition coefficient (Wildman–Crippen LogP) is 0.885. The van der Waals surface area contributed by atoms with E-state index < -0.39 is 0 Å². The van der Waals surface area contributed by atoms with Crippen molar-refractivity contribution in [2.24, 2.45) is 5.73 Å². The second kappa shape index (κ2) is 4.77. The molecule has 0 aromatic rings. The number of nitrogens with two attached hydrogens (primary N) is 1. The molecule has 0 aromatic heterocycles. The minimum atomic E-state index is -0.301. The van der Waals surface area contributed by atoms with Gasteiger partial charge < -0.3 is 10.8 Å². The number of hydrogen-bond donors (Lipinski definition) is 2. The molecule has 3 N–H and O–H groups in total. The van der Waals surface area contributed by atoms with E-state index in [1.807, 2.05) is 6.92 Å². The topological polar surface area (TPSA) is 46.2 Å². The van der Waals surface area contributed by atoms with Gasteiger partial charge in [0.25, 0.3) is 0 Å². The highest BCUT2D eigenvalue weighted by Gasteiger charge is 2.06. The quantitative estimate of drug-likeness (QED) is 0.595. The molecular formula is C7H17NO. The van der Waals surface area contributed by atoms with E-state index in [1.54, 1.807) is 0 Å². The van der Waals surface area contributed by atoms with Crippen LogP contribution in [-0.2, 0) is 0 Å². The SMILES string of the molecule is CCCCC(O)[C@H](C)N. The summed E-state index contributed by atoms with van der Waals surface area (Å²) in [5, 5.41) is 9.13. The van der Waals surface area contributed by atoms with Crippen molar-refractivity contribution in [1.29, 1.82) is 0 Å². The Kier molecular flexibility index (Phi) is 4.72. The van der Waals surface area contributed by atoms with Crippen molar-refractivity contribution in [1.82, 2.24) is 0 Å². The molecule has 56 valence electrons. The van der Waals surface area contributed by atoms with E-state index in [0.717, 1.165) is 19.3 Å². The van der Waals surface area contributed by atoms with E-state index in [4.69, 9.17) is 10.8 Å². The van der Waals surface area contributed by atoms with Gasteiger partial charge in [-0.2, -0.15) is 0 Å². The highest BCUT2D eigenvalue weighted by Crippen LogP contribution is 2.01. The van der Waals surface area contributed by atoms with Gasteiger partial charge in [0.1, 0.15) is 0 Å². The molecule has 1 unspecified atom stereocenters. The summed E-state index contributed by atoms with van der Waals surface area (Å²) in [7, 11) is 0. The lowest BCUT2D eigenvalue weighted by molar-refractivity contribution is 0.138. The molecule has 0 radical (unpaired) electrons. The first-order valence-corrected chi connectivity index (χ1v) is 3.62. The average Bonchev–Trinajstić information content (AvgIpc) is 1.82. The molecule has 0 aliphatic rings. The van der Waals surface area contributed by atoms with Crippen molar-refractivity contribution in [2.45, 2.75) is 45.3 Å². The van der Waals surface area contributed by atoms with E-state index in [2.05, 4.69) is 6.92 Å². The van der Waals surface area contributed by atoms with Gasteiger partial charge in [0.15, 0.2) is 0 Å². The first-order chi connectivity index (χ1) is 4.18. The van der Waals surface area contributed by atoms with Crippen LogP contribution < -0.4 is 5.73 Å². The number of aliphatic hydroxyl groups excluding tert-OH is 1. The van der Waals surface area contributed by atoms with Gasteiger partial charge in [-0.1, -0.05) is 19.8 Å². The maximum Gasteiger partial charge on any atom is 0.0688 e. The van der Waals surface area contributed by atoms with Gasteiger partial charge in [-0.05, 0) is 13.3 Å². The molecule has 0 rings (SSSR count). The van der Waals surface area contributed by atoms with E-state index in [1.165, 1.54) is 0 Å². The van der Waals surface area contributed by atoms with Crippen LogP contribution in [0, 0.1) is 0 Å². The zero-order chi connectivity index (χ0) is 7.28. The molecule has 0 saturated heterocycles. The average molecular weight is 131 g/mol. The summed E-state index contributed by atoms with van der Waals surface area (Å²) in [5.41, 5.74) is 5.43. The Hall–Kier alpha value is -0.0800. The maximum atomic E-state index is 9.13. The van der Waals surface area contributed by atoms with Crippen molar-refractivity contribution in [3.05, 3.63) is 0 Å². The predicted molar refractivity (Wildman–Crippen MR) is 39.2 cm³/mol. The molecule has 2 heteroatoms. The summed E-state index contributed by atoms with van der Waals surface area (Å²) in [6, 6.07) is -0.0726. The summed E-state index contributed by atoms with van der Waals surface area (Å²) in [6.45, 7) is 3.94. The monoisotopic (exact) mass is 131 g/mol. The first kappa shape index (κ1) is 8.92. The summed E-state index contributed by atoms with van der Waals surface area (Å²) < 4.78 is 0. The highest BCUT2D eigenvalue weighted by molar-refractivity contribution is 4.65. The Morgan fingerprint density at radius 3 is 2.44 bits per heavy atom. The van der Waals surface area contributed by atoms with Crippen LogP contribution in [0.2, 0.25) is 0 Å². The van der Waals surface area contributed by atoms with Gasteiger partial charge in [-0.25, -0.2) is 0 Å². The van der Waals surface area contributed by atoms with Gasteiger partial charge in [0.2, 0.25) is 0 Å². The van der Waals surface area contributed by atoms with E-state index in [0.29, 0.717) is 0 Å². The summed E-state index contributed by atoms with van der Waals surface area (Å²) in [5.74, 6) is 0. The van der Waals surface area contributed by atoms with Gasteiger partial charge in [0, 0.05) is 6.04 Å². The zero-order valence-corrected chi connectivity index (χ0v) is 6.30. The Morgan fingerprint density at radius 2 is 2.11 bits per heavy atom. The fourth-order valence-electron chi connectivity index (χ4n) is 0.676. The Bertz CT molecular complexity index is 63.9. The van der Waals surface area contributed by atoms with Crippen LogP contribution in [0.5, 0.6) is 0 Å². The van der Waals surface area contributed by atoms with Gasteiger partial charge in [-0.15, -0.1) is 0 Å². The molecular weight excluding hydrogens is 114 g/mol. The van der Waals surface area contributed by atoms with Crippen LogP contribution in [0.3, 0.4) is 0 Å². The van der Waals surface area contributed by atoms with Crippen LogP contribution in [0.4, 0.5) is 0 Å². The number of hydrogen-bond acceptors (Lipinski definition) is 2. The molecule has 9 heavy (non-hydrogen) atoms. The maximum absolute atomic E-state index is 9.13. The molecule has 0 saturated carbocycles. The number of unbranched alkanes of at least 4 members (excludes halogenated alkanes) is 1. The van der Waals surface area contributed by atoms with E-state index >= 15 is 0 Å². The second-order valence-electron chi connectivity index (χ2n) is 2.57. The Balaban J connectivity index is 3.16. The molecule has 2 atom stereocenters. The lowest BCUT2D eigenvalue weighted by atomic mass is 10.1. The van der Waals surface area contributed by atoms with Crippen LogP contribution in [0.25, 0.3) is 0 Å². The van der Waals surface area contributed by atoms with E-state index in [9.17, 15) is 0 Å². The smallest absolute Gasteiger partial charge is 0.0688 e. The van der Waals surface area contributed by atoms with Crippen LogP contribution in [0.1, 0.15) is 33.1 Å². The standard InChI is InChI=1S/C7H17NO/c1-3-4-5-7(9)6(2)8/h6-7,9H,3-5,8H2,1-2H3/t6-,7?/m0/s1.